The minimum Gasteiger partial charge on any atom is -0.352 e. The zero-order valence-electron chi connectivity index (χ0n) is 10.4. The number of hydrogen-bond donors (Lipinski definition) is 2. The quantitative estimate of drug-likeness (QED) is 0.728. The molecule has 1 aliphatic rings. The Morgan fingerprint density at radius 2 is 1.93 bits per heavy atom. The second-order valence-electron chi connectivity index (χ2n) is 5.37. The Bertz CT molecular complexity index is 222. The molecule has 0 heterocycles. The second kappa shape index (κ2) is 4.97. The predicted octanol–water partition coefficient (Wildman–Crippen LogP) is 1.68. The molecule has 1 fully saturated rings. The van der Waals surface area contributed by atoms with E-state index in [0.29, 0.717) is 12.5 Å². The van der Waals surface area contributed by atoms with E-state index in [-0.39, 0.29) is 17.5 Å². The van der Waals surface area contributed by atoms with Crippen molar-refractivity contribution in [3.05, 3.63) is 0 Å². The van der Waals surface area contributed by atoms with Crippen molar-refractivity contribution >= 4 is 5.91 Å². The van der Waals surface area contributed by atoms with E-state index in [1.807, 2.05) is 6.92 Å². The minimum absolute atomic E-state index is 0.115. The van der Waals surface area contributed by atoms with E-state index in [1.165, 1.54) is 19.3 Å². The molecule has 15 heavy (non-hydrogen) atoms. The number of amides is 1. The van der Waals surface area contributed by atoms with E-state index in [9.17, 15) is 4.79 Å². The van der Waals surface area contributed by atoms with Crippen LogP contribution in [0.2, 0.25) is 0 Å². The van der Waals surface area contributed by atoms with Crippen molar-refractivity contribution in [2.45, 2.75) is 58.5 Å². The molecule has 3 nitrogen and oxygen atoms in total. The van der Waals surface area contributed by atoms with Gasteiger partial charge in [0.25, 0.3) is 0 Å². The lowest BCUT2D eigenvalue weighted by atomic mass is 9.78. The van der Waals surface area contributed by atoms with Crippen molar-refractivity contribution in [1.29, 1.82) is 0 Å². The van der Waals surface area contributed by atoms with Gasteiger partial charge in [0.2, 0.25) is 5.91 Å². The smallest absolute Gasteiger partial charge is 0.234 e. The molecule has 1 saturated carbocycles. The normalized spacial score (nSPS) is 20.9. The highest BCUT2D eigenvalue weighted by atomic mass is 16.2. The molecule has 1 unspecified atom stereocenters. The van der Waals surface area contributed by atoms with E-state index in [2.05, 4.69) is 31.4 Å². The van der Waals surface area contributed by atoms with Crippen LogP contribution in [0.1, 0.15) is 47.0 Å². The first kappa shape index (κ1) is 12.5. The van der Waals surface area contributed by atoms with Crippen LogP contribution < -0.4 is 10.6 Å². The molecule has 0 spiro atoms. The summed E-state index contributed by atoms with van der Waals surface area (Å²) in [5.41, 5.74) is 0.221. The molecule has 1 amide bonds. The van der Waals surface area contributed by atoms with Crippen molar-refractivity contribution in [2.24, 2.45) is 5.92 Å². The molecule has 0 aromatic heterocycles. The largest absolute Gasteiger partial charge is 0.352 e. The molecule has 1 aliphatic carbocycles. The highest BCUT2D eigenvalue weighted by Crippen LogP contribution is 2.30. The zero-order valence-corrected chi connectivity index (χ0v) is 10.4. The van der Waals surface area contributed by atoms with Gasteiger partial charge in [0, 0.05) is 11.6 Å². The van der Waals surface area contributed by atoms with E-state index in [0.717, 1.165) is 0 Å². The van der Waals surface area contributed by atoms with Gasteiger partial charge in [-0.1, -0.05) is 13.8 Å². The summed E-state index contributed by atoms with van der Waals surface area (Å²) < 4.78 is 0. The second-order valence-corrected chi connectivity index (χ2v) is 5.37. The fourth-order valence-corrected chi connectivity index (χ4v) is 1.65. The topological polar surface area (TPSA) is 41.1 Å². The Balaban J connectivity index is 2.18. The Labute approximate surface area is 93.0 Å². The number of carbonyl (C=O) groups is 1. The van der Waals surface area contributed by atoms with Crippen LogP contribution in [0.15, 0.2) is 0 Å². The Morgan fingerprint density at radius 1 is 1.33 bits per heavy atom. The molecule has 0 aromatic carbocycles. The maximum Gasteiger partial charge on any atom is 0.234 e. The average Bonchev–Trinajstić information content (AvgIpc) is 2.11. The van der Waals surface area contributed by atoms with Crippen molar-refractivity contribution < 1.29 is 4.79 Å². The van der Waals surface area contributed by atoms with Crippen molar-refractivity contribution in [2.75, 3.05) is 6.54 Å². The molecule has 0 aliphatic heterocycles. The van der Waals surface area contributed by atoms with Gasteiger partial charge in [0.15, 0.2) is 0 Å². The van der Waals surface area contributed by atoms with Gasteiger partial charge in [-0.25, -0.2) is 0 Å². The summed E-state index contributed by atoms with van der Waals surface area (Å²) in [5.74, 6) is 0.609. The molecule has 0 bridgehead atoms. The average molecular weight is 212 g/mol. The fraction of sp³-hybridized carbons (Fsp3) is 0.917. The van der Waals surface area contributed by atoms with Crippen molar-refractivity contribution in [3.63, 3.8) is 0 Å². The van der Waals surface area contributed by atoms with E-state index in [1.54, 1.807) is 0 Å². The minimum atomic E-state index is 0.115. The van der Waals surface area contributed by atoms with Crippen molar-refractivity contribution in [3.8, 4) is 0 Å². The first-order chi connectivity index (χ1) is 6.93. The van der Waals surface area contributed by atoms with E-state index < -0.39 is 0 Å². The zero-order chi connectivity index (χ0) is 11.5. The maximum atomic E-state index is 11.6. The van der Waals surface area contributed by atoms with Crippen molar-refractivity contribution in [1.82, 2.24) is 10.6 Å². The summed E-state index contributed by atoms with van der Waals surface area (Å²) in [5, 5.41) is 6.33. The molecule has 0 saturated heterocycles. The number of hydrogen-bond acceptors (Lipinski definition) is 2. The van der Waals surface area contributed by atoms with Gasteiger partial charge < -0.3 is 10.6 Å². The highest BCUT2D eigenvalue weighted by Gasteiger charge is 2.31. The lowest BCUT2D eigenvalue weighted by Crippen LogP contribution is -2.52. The lowest BCUT2D eigenvalue weighted by Gasteiger charge is -2.39. The van der Waals surface area contributed by atoms with Gasteiger partial charge in [0.05, 0.1) is 6.54 Å². The number of rotatable bonds is 5. The molecule has 88 valence electrons. The summed E-state index contributed by atoms with van der Waals surface area (Å²) in [4.78, 5) is 11.6. The first-order valence-electron chi connectivity index (χ1n) is 5.97. The van der Waals surface area contributed by atoms with Gasteiger partial charge in [0.1, 0.15) is 0 Å². The van der Waals surface area contributed by atoms with Crippen LogP contribution in [-0.4, -0.2) is 24.0 Å². The summed E-state index contributed by atoms with van der Waals surface area (Å²) in [7, 11) is 0. The van der Waals surface area contributed by atoms with Gasteiger partial charge in [-0.15, -0.1) is 0 Å². The predicted molar refractivity (Wildman–Crippen MR) is 62.7 cm³/mol. The summed E-state index contributed by atoms with van der Waals surface area (Å²) in [6.07, 6.45) is 3.67. The van der Waals surface area contributed by atoms with Gasteiger partial charge in [-0.3, -0.25) is 4.79 Å². The van der Waals surface area contributed by atoms with Crippen LogP contribution in [0.5, 0.6) is 0 Å². The third kappa shape index (κ3) is 3.82. The molecular weight excluding hydrogens is 188 g/mol. The number of carbonyl (C=O) groups excluding carboxylic acids is 1. The highest BCUT2D eigenvalue weighted by molar-refractivity contribution is 5.78. The van der Waals surface area contributed by atoms with Gasteiger partial charge >= 0.3 is 0 Å². The maximum absolute atomic E-state index is 11.6. The van der Waals surface area contributed by atoms with Crippen LogP contribution in [-0.2, 0) is 4.79 Å². The third-order valence-corrected chi connectivity index (χ3v) is 3.52. The van der Waals surface area contributed by atoms with E-state index >= 15 is 0 Å². The van der Waals surface area contributed by atoms with E-state index in [4.69, 9.17) is 0 Å². The molecule has 3 heteroatoms. The van der Waals surface area contributed by atoms with Crippen LogP contribution in [0, 0.1) is 5.92 Å². The third-order valence-electron chi connectivity index (χ3n) is 3.52. The molecule has 0 aromatic rings. The molecule has 1 atom stereocenters. The summed E-state index contributed by atoms with van der Waals surface area (Å²) in [6, 6.07) is 0.258. The SMILES string of the molecule is CC(C)C(C)NC(=O)CNC1(C)CCC1. The van der Waals surface area contributed by atoms with Crippen LogP contribution >= 0.6 is 0 Å². The van der Waals surface area contributed by atoms with Crippen LogP contribution in [0.4, 0.5) is 0 Å². The molecule has 0 radical (unpaired) electrons. The first-order valence-corrected chi connectivity index (χ1v) is 5.97. The van der Waals surface area contributed by atoms with Gasteiger partial charge in [-0.05, 0) is 39.0 Å². The summed E-state index contributed by atoms with van der Waals surface area (Å²) >= 11 is 0. The Hall–Kier alpha value is -0.570. The van der Waals surface area contributed by atoms with Crippen LogP contribution in [0.25, 0.3) is 0 Å². The lowest BCUT2D eigenvalue weighted by molar-refractivity contribution is -0.121. The Kier molecular flexibility index (Phi) is 4.14. The number of nitrogens with one attached hydrogen (secondary N) is 2. The monoisotopic (exact) mass is 212 g/mol. The standard InChI is InChI=1S/C12H24N2O/c1-9(2)10(3)14-11(15)8-13-12(4)6-5-7-12/h9-10,13H,5-8H2,1-4H3,(H,14,15). The van der Waals surface area contributed by atoms with Gasteiger partial charge in [-0.2, -0.15) is 0 Å². The molecular formula is C12H24N2O. The molecule has 1 rings (SSSR count). The van der Waals surface area contributed by atoms with Crippen LogP contribution in [0.3, 0.4) is 0 Å². The summed E-state index contributed by atoms with van der Waals surface area (Å²) in [6.45, 7) is 8.92. The Morgan fingerprint density at radius 3 is 2.33 bits per heavy atom. The molecule has 2 N–H and O–H groups in total. The fourth-order valence-electron chi connectivity index (χ4n) is 1.65.